The van der Waals surface area contributed by atoms with E-state index in [0.29, 0.717) is 19.4 Å². The van der Waals surface area contributed by atoms with E-state index >= 15 is 18.0 Å². The maximum absolute atomic E-state index is 16.1. The second-order valence-electron chi connectivity index (χ2n) is 25.3. The molecule has 0 unspecified atom stereocenters. The van der Waals surface area contributed by atoms with E-state index in [9.17, 15) is 4.79 Å². The predicted octanol–water partition coefficient (Wildman–Crippen LogP) is 18.1. The van der Waals surface area contributed by atoms with Crippen molar-refractivity contribution >= 4 is 53.3 Å². The molecular weight excluding hydrogens is 1060 g/mol. The number of Topliss-reactive ketones (excluding diaryl/α,β-unsaturated/α-hetero) is 1. The highest BCUT2D eigenvalue weighted by atomic mass is 28.4. The minimum absolute atomic E-state index is 0.0940. The molecule has 448 valence electrons. The summed E-state index contributed by atoms with van der Waals surface area (Å²) in [7, 11) is -10.7. The predicted molar refractivity (Wildman–Crippen MR) is 328 cm³/mol. The minimum atomic E-state index is -5.25. The Bertz CT molecular complexity index is 1940. The minimum Gasteiger partial charge on any atom is -0.459 e. The standard InChI is InChI=1S/C60H113F3O9Si5/c1-25-75(26-2,27-3)70-54(48(12)43-50(14)69-73(20,21)22)55(71-76(28-4,29-5)30-6)53(64)44-52(68-56(65)59(66-19,60(61,62)63)51-37-35-34-36-38-51)45-58(18,72-77(31-7,32-8)33-9)49(13)42-47(11)41-46(10)39-40-67-74(23,24)57(15,16)17/h34-38,42,46,48,50,52,54-55H,11,25-33,39-41,43-45H2,1-10,12-24H3/b49-42+/t46-,48+,50-,52+,54-,55-,58+,59+/m0/s1. The SMILES string of the molecule is C=C(/C=C(\C)[C@@](C)(C[C@@H](CC(=O)[C@H](O[Si](CC)(CC)CC)[C@@H](O[Si](CC)(CC)CC)[C@H](C)C[C@H](C)O[Si](C)(C)C)OC(=O)[C@](OC)(c1ccccc1)C(F)(F)F)O[Si](CC)(CC)CC)C[C@@H](C)CCO[Si](C)(C)C(C)(C)C. The number of carbonyl (C=O) groups excluding carboxylic acids is 2. The highest BCUT2D eigenvalue weighted by Gasteiger charge is 2.64. The van der Waals surface area contributed by atoms with Gasteiger partial charge in [-0.05, 0) is 150 Å². The molecule has 0 aromatic heterocycles. The molecule has 0 bridgehead atoms. The monoisotopic (exact) mass is 1170 g/mol. The van der Waals surface area contributed by atoms with Crippen LogP contribution < -0.4 is 0 Å². The Morgan fingerprint density at radius 1 is 0.701 bits per heavy atom. The maximum atomic E-state index is 16.1. The fraction of sp³-hybridized carbons (Fsp3) is 0.800. The van der Waals surface area contributed by atoms with Gasteiger partial charge in [-0.25, -0.2) is 4.79 Å². The van der Waals surface area contributed by atoms with Crippen molar-refractivity contribution in [3.05, 3.63) is 59.7 Å². The number of esters is 1. The van der Waals surface area contributed by atoms with Crippen molar-refractivity contribution in [2.24, 2.45) is 11.8 Å². The molecule has 0 radical (unpaired) electrons. The second-order valence-corrected chi connectivity index (χ2v) is 48.7. The van der Waals surface area contributed by atoms with E-state index in [2.05, 4.69) is 143 Å². The highest BCUT2D eigenvalue weighted by molar-refractivity contribution is 6.75. The smallest absolute Gasteiger partial charge is 0.432 e. The molecule has 0 fully saturated rings. The van der Waals surface area contributed by atoms with E-state index in [4.69, 9.17) is 31.6 Å². The number of benzene rings is 1. The number of methoxy groups -OCH3 is 1. The van der Waals surface area contributed by atoms with Gasteiger partial charge in [0.25, 0.3) is 5.60 Å². The van der Waals surface area contributed by atoms with Crippen LogP contribution in [-0.4, -0.2) is 103 Å². The number of allylic oxidation sites excluding steroid dienone is 2. The van der Waals surface area contributed by atoms with Crippen molar-refractivity contribution in [3.63, 3.8) is 0 Å². The van der Waals surface area contributed by atoms with Gasteiger partial charge >= 0.3 is 12.1 Å². The Labute approximate surface area is 474 Å². The molecule has 0 aliphatic heterocycles. The summed E-state index contributed by atoms with van der Waals surface area (Å²) in [6.45, 7) is 52.3. The lowest BCUT2D eigenvalue weighted by Gasteiger charge is -2.45. The average molecular weight is 1180 g/mol. The summed E-state index contributed by atoms with van der Waals surface area (Å²) in [5.41, 5.74) is -3.51. The van der Waals surface area contributed by atoms with Crippen LogP contribution in [0.1, 0.15) is 155 Å². The molecule has 0 saturated carbocycles. The van der Waals surface area contributed by atoms with Gasteiger partial charge in [0, 0.05) is 38.2 Å². The zero-order chi connectivity index (χ0) is 59.6. The van der Waals surface area contributed by atoms with Crippen LogP contribution in [0.25, 0.3) is 0 Å². The van der Waals surface area contributed by atoms with Crippen LogP contribution >= 0.6 is 0 Å². The lowest BCUT2D eigenvalue weighted by molar-refractivity contribution is -0.278. The summed E-state index contributed by atoms with van der Waals surface area (Å²) in [5.74, 6) is -2.01. The van der Waals surface area contributed by atoms with Crippen molar-refractivity contribution in [2.45, 2.75) is 284 Å². The van der Waals surface area contributed by atoms with E-state index in [1.54, 1.807) is 6.07 Å². The third-order valence-corrected chi connectivity index (χ3v) is 37.3. The summed E-state index contributed by atoms with van der Waals surface area (Å²) in [6, 6.07) is 13.9. The number of halogens is 3. The molecule has 0 aliphatic carbocycles. The maximum Gasteiger partial charge on any atom is 0.432 e. The molecule has 0 spiro atoms. The Hall–Kier alpha value is -1.53. The van der Waals surface area contributed by atoms with Crippen LogP contribution in [0.3, 0.4) is 0 Å². The number of ether oxygens (including phenoxy) is 2. The summed E-state index contributed by atoms with van der Waals surface area (Å²) in [4.78, 5) is 31.0. The Kier molecular flexibility index (Phi) is 29.8. The van der Waals surface area contributed by atoms with Gasteiger partial charge in [-0.15, -0.1) is 0 Å². The lowest BCUT2D eigenvalue weighted by atomic mass is 9.85. The van der Waals surface area contributed by atoms with Gasteiger partial charge in [-0.2, -0.15) is 13.2 Å². The number of alkyl halides is 3. The highest BCUT2D eigenvalue weighted by Crippen LogP contribution is 2.45. The molecule has 0 heterocycles. The number of rotatable bonds is 38. The third-order valence-electron chi connectivity index (χ3n) is 17.7. The topological polar surface area (TPSA) is 98.8 Å². The first-order chi connectivity index (χ1) is 35.4. The second kappa shape index (κ2) is 31.2. The van der Waals surface area contributed by atoms with Gasteiger partial charge in [0.1, 0.15) is 12.2 Å². The normalized spacial score (nSPS) is 17.7. The zero-order valence-electron chi connectivity index (χ0n) is 53.1. The van der Waals surface area contributed by atoms with Gasteiger partial charge in [0.15, 0.2) is 47.4 Å². The van der Waals surface area contributed by atoms with Crippen LogP contribution in [0.4, 0.5) is 13.2 Å². The molecule has 0 aliphatic rings. The molecular formula is C60H113F3O9Si5. The van der Waals surface area contributed by atoms with Crippen molar-refractivity contribution in [3.8, 4) is 0 Å². The quantitative estimate of drug-likeness (QED) is 0.0364. The number of ketones is 1. The molecule has 0 N–H and O–H groups in total. The number of hydrogen-bond donors (Lipinski definition) is 0. The summed E-state index contributed by atoms with van der Waals surface area (Å²) in [6.07, 6.45) is -5.03. The van der Waals surface area contributed by atoms with Crippen molar-refractivity contribution in [1.82, 2.24) is 0 Å². The zero-order valence-corrected chi connectivity index (χ0v) is 58.1. The van der Waals surface area contributed by atoms with Crippen molar-refractivity contribution in [1.29, 1.82) is 0 Å². The van der Waals surface area contributed by atoms with Crippen LogP contribution in [-0.2, 0) is 46.8 Å². The first-order valence-corrected chi connectivity index (χ1v) is 43.5. The van der Waals surface area contributed by atoms with Crippen molar-refractivity contribution < 1.29 is 54.4 Å². The first kappa shape index (κ1) is 73.5. The molecule has 1 aromatic rings. The van der Waals surface area contributed by atoms with Crippen molar-refractivity contribution in [2.75, 3.05) is 13.7 Å². The first-order valence-electron chi connectivity index (χ1n) is 29.6. The molecule has 77 heavy (non-hydrogen) atoms. The van der Waals surface area contributed by atoms with Crippen LogP contribution in [0.5, 0.6) is 0 Å². The van der Waals surface area contributed by atoms with E-state index < -0.39 is 95.2 Å². The summed E-state index contributed by atoms with van der Waals surface area (Å²) < 4.78 is 94.7. The third kappa shape index (κ3) is 20.7. The molecule has 8 atom stereocenters. The van der Waals surface area contributed by atoms with Gasteiger partial charge in [-0.1, -0.05) is 145 Å². The molecule has 9 nitrogen and oxygen atoms in total. The summed E-state index contributed by atoms with van der Waals surface area (Å²) >= 11 is 0. The Balaban J connectivity index is 4.45. The van der Waals surface area contributed by atoms with Gasteiger partial charge in [-0.3, -0.25) is 4.79 Å². The molecule has 1 rings (SSSR count). The fourth-order valence-corrected chi connectivity index (χ4v) is 22.0. The van der Waals surface area contributed by atoms with Gasteiger partial charge < -0.3 is 31.6 Å². The molecule has 0 saturated heterocycles. The Morgan fingerprint density at radius 3 is 1.61 bits per heavy atom. The average Bonchev–Trinajstić information content (AvgIpc) is 3.33. The summed E-state index contributed by atoms with van der Waals surface area (Å²) in [5, 5.41) is 0.0940. The molecule has 0 amide bonds. The lowest BCUT2D eigenvalue weighted by Crippen LogP contribution is -2.56. The van der Waals surface area contributed by atoms with Crippen LogP contribution in [0, 0.1) is 11.8 Å². The van der Waals surface area contributed by atoms with E-state index in [1.165, 1.54) is 24.3 Å². The van der Waals surface area contributed by atoms with Gasteiger partial charge in [0.05, 0.1) is 11.7 Å². The van der Waals surface area contributed by atoms with E-state index in [1.807, 2.05) is 19.9 Å². The Morgan fingerprint density at radius 2 is 1.18 bits per heavy atom. The van der Waals surface area contributed by atoms with Gasteiger partial charge in [0.2, 0.25) is 0 Å². The largest absolute Gasteiger partial charge is 0.459 e. The number of hydrogen-bond acceptors (Lipinski definition) is 9. The number of carbonyl (C=O) groups is 2. The van der Waals surface area contributed by atoms with Crippen LogP contribution in [0.2, 0.25) is 92.2 Å². The fourth-order valence-electron chi connectivity index (χ4n) is 10.7. The van der Waals surface area contributed by atoms with E-state index in [0.717, 1.165) is 79.1 Å². The molecule has 17 heteroatoms. The molecule has 1 aromatic carbocycles. The van der Waals surface area contributed by atoms with Crippen LogP contribution in [0.15, 0.2) is 54.1 Å². The van der Waals surface area contributed by atoms with E-state index in [-0.39, 0.29) is 35.2 Å².